The summed E-state index contributed by atoms with van der Waals surface area (Å²) in [6, 6.07) is 5.81. The molecule has 0 bridgehead atoms. The minimum absolute atomic E-state index is 0. The third kappa shape index (κ3) is 5.98. The smallest absolute Gasteiger partial charge is 0.288 e. The van der Waals surface area contributed by atoms with Crippen LogP contribution >= 0.6 is 0 Å². The predicted octanol–water partition coefficient (Wildman–Crippen LogP) is 3.95. The second kappa shape index (κ2) is 9.97. The van der Waals surface area contributed by atoms with Crippen molar-refractivity contribution in [3.8, 4) is 11.8 Å². The summed E-state index contributed by atoms with van der Waals surface area (Å²) in [7, 11) is 0. The Morgan fingerprint density at radius 3 is 2.52 bits per heavy atom. The van der Waals surface area contributed by atoms with Crippen LogP contribution in [0.1, 0.15) is 57.6 Å². The van der Waals surface area contributed by atoms with Crippen molar-refractivity contribution >= 4 is 23.7 Å². The van der Waals surface area contributed by atoms with Gasteiger partial charge in [-0.15, -0.1) is 0 Å². The SMILES string of the molecule is Cc1c(C#N)ccc(OC2CCC(NC(=O)C(=N)N=CC(=N)C(C)C)CC2)c1C.[HH]. The minimum Gasteiger partial charge on any atom is -0.490 e. The minimum atomic E-state index is -0.513. The van der Waals surface area contributed by atoms with E-state index in [1.165, 1.54) is 6.21 Å². The maximum absolute atomic E-state index is 12.1. The molecule has 0 spiro atoms. The highest BCUT2D eigenvalue weighted by molar-refractivity contribution is 6.41. The largest absolute Gasteiger partial charge is 0.490 e. The molecule has 1 amide bonds. The highest BCUT2D eigenvalue weighted by atomic mass is 16.5. The van der Waals surface area contributed by atoms with E-state index in [1.54, 1.807) is 6.07 Å². The van der Waals surface area contributed by atoms with Crippen molar-refractivity contribution in [3.63, 3.8) is 0 Å². The van der Waals surface area contributed by atoms with Crippen molar-refractivity contribution in [2.45, 2.75) is 65.5 Å². The number of hydrogen-bond donors (Lipinski definition) is 3. The van der Waals surface area contributed by atoms with Gasteiger partial charge in [-0.05, 0) is 68.7 Å². The number of carbonyl (C=O) groups excluding carboxylic acids is 1. The van der Waals surface area contributed by atoms with Gasteiger partial charge in [0, 0.05) is 7.47 Å². The molecule has 0 saturated heterocycles. The number of amidine groups is 1. The first kappa shape index (κ1) is 22.3. The molecule has 1 aliphatic carbocycles. The zero-order chi connectivity index (χ0) is 21.6. The summed E-state index contributed by atoms with van der Waals surface area (Å²) in [6.07, 6.45) is 4.47. The quantitative estimate of drug-likeness (QED) is 0.515. The van der Waals surface area contributed by atoms with E-state index in [1.807, 2.05) is 33.8 Å². The summed E-state index contributed by atoms with van der Waals surface area (Å²) in [5.41, 5.74) is 2.87. The lowest BCUT2D eigenvalue weighted by atomic mass is 9.92. The number of nitrogens with one attached hydrogen (secondary N) is 3. The Morgan fingerprint density at radius 2 is 1.93 bits per heavy atom. The monoisotopic (exact) mass is 397 g/mol. The second-order valence-corrected chi connectivity index (χ2v) is 7.75. The fourth-order valence-electron chi connectivity index (χ4n) is 3.14. The van der Waals surface area contributed by atoms with Crippen LogP contribution in [0.15, 0.2) is 17.1 Å². The summed E-state index contributed by atoms with van der Waals surface area (Å²) in [6.45, 7) is 7.61. The molecule has 1 aliphatic rings. The van der Waals surface area contributed by atoms with E-state index in [-0.39, 0.29) is 31.0 Å². The molecule has 0 atom stereocenters. The molecule has 29 heavy (non-hydrogen) atoms. The van der Waals surface area contributed by atoms with Gasteiger partial charge in [-0.3, -0.25) is 10.2 Å². The van der Waals surface area contributed by atoms with Crippen molar-refractivity contribution in [2.75, 3.05) is 0 Å². The van der Waals surface area contributed by atoms with Gasteiger partial charge < -0.3 is 15.5 Å². The van der Waals surface area contributed by atoms with E-state index >= 15 is 0 Å². The molecule has 1 aromatic carbocycles. The van der Waals surface area contributed by atoms with Crippen molar-refractivity contribution < 1.29 is 11.0 Å². The topological polar surface area (TPSA) is 122 Å². The van der Waals surface area contributed by atoms with Crippen LogP contribution in [0.4, 0.5) is 0 Å². The van der Waals surface area contributed by atoms with Crippen molar-refractivity contribution in [1.29, 1.82) is 16.1 Å². The first-order valence-electron chi connectivity index (χ1n) is 9.91. The first-order chi connectivity index (χ1) is 13.7. The molecule has 0 aromatic heterocycles. The molecule has 2 rings (SSSR count). The maximum Gasteiger partial charge on any atom is 0.288 e. The zero-order valence-electron chi connectivity index (χ0n) is 17.5. The highest BCUT2D eigenvalue weighted by Crippen LogP contribution is 2.29. The van der Waals surface area contributed by atoms with Crippen molar-refractivity contribution in [2.24, 2.45) is 10.9 Å². The summed E-state index contributed by atoms with van der Waals surface area (Å²) < 4.78 is 6.14. The Balaban J connectivity index is 0.00000450. The van der Waals surface area contributed by atoms with E-state index in [2.05, 4.69) is 16.4 Å². The fraction of sp³-hybridized carbons (Fsp3) is 0.500. The number of nitriles is 1. The van der Waals surface area contributed by atoms with E-state index < -0.39 is 5.91 Å². The van der Waals surface area contributed by atoms with Gasteiger partial charge in [0.15, 0.2) is 0 Å². The maximum atomic E-state index is 12.1. The number of nitrogens with zero attached hydrogens (tertiary/aromatic N) is 2. The van der Waals surface area contributed by atoms with Gasteiger partial charge in [0.2, 0.25) is 5.84 Å². The number of hydrogen-bond acceptors (Lipinski definition) is 5. The standard InChI is InChI=1S/C22H29N5O2.H2/c1-13(2)19(24)12-26-21(25)22(28)27-17-6-8-18(9-7-17)29-20-10-5-16(11-23)14(3)15(20)4;/h5,10,12-13,17-18,24-25H,6-9H2,1-4H3,(H,27,28);1H. The fourth-order valence-corrected chi connectivity index (χ4v) is 3.14. The lowest BCUT2D eigenvalue weighted by Crippen LogP contribution is -2.42. The first-order valence-corrected chi connectivity index (χ1v) is 9.91. The Morgan fingerprint density at radius 1 is 1.28 bits per heavy atom. The highest BCUT2D eigenvalue weighted by Gasteiger charge is 2.25. The van der Waals surface area contributed by atoms with E-state index in [9.17, 15) is 4.79 Å². The Hall–Kier alpha value is -3.01. The van der Waals surface area contributed by atoms with E-state index in [0.29, 0.717) is 5.56 Å². The molecule has 1 aromatic rings. The Kier molecular flexibility index (Phi) is 7.66. The van der Waals surface area contributed by atoms with Crippen LogP contribution in [0.2, 0.25) is 0 Å². The summed E-state index contributed by atoms with van der Waals surface area (Å²) in [5, 5.41) is 27.4. The molecule has 7 heteroatoms. The molecule has 3 N–H and O–H groups in total. The number of benzene rings is 1. The average molecular weight is 398 g/mol. The van der Waals surface area contributed by atoms with Crippen LogP contribution < -0.4 is 10.1 Å². The summed E-state index contributed by atoms with van der Waals surface area (Å²) in [4.78, 5) is 15.9. The predicted molar refractivity (Wildman–Crippen MR) is 116 cm³/mol. The van der Waals surface area contributed by atoms with Gasteiger partial charge in [0.1, 0.15) is 5.75 Å². The van der Waals surface area contributed by atoms with Crippen LogP contribution in [0, 0.1) is 41.9 Å². The third-order valence-corrected chi connectivity index (χ3v) is 5.33. The van der Waals surface area contributed by atoms with Crippen molar-refractivity contribution in [1.82, 2.24) is 5.32 Å². The lowest BCUT2D eigenvalue weighted by Gasteiger charge is -2.30. The molecule has 1 saturated carbocycles. The molecule has 0 aliphatic heterocycles. The molecule has 0 heterocycles. The number of rotatable bonds is 5. The summed E-state index contributed by atoms with van der Waals surface area (Å²) >= 11 is 0. The van der Waals surface area contributed by atoms with Gasteiger partial charge in [0.05, 0.1) is 29.7 Å². The zero-order valence-corrected chi connectivity index (χ0v) is 17.5. The normalized spacial score (nSPS) is 19.0. The molecule has 0 unspecified atom stereocenters. The van der Waals surface area contributed by atoms with E-state index in [4.69, 9.17) is 20.8 Å². The van der Waals surface area contributed by atoms with Gasteiger partial charge in [-0.1, -0.05) is 13.8 Å². The molecule has 156 valence electrons. The molecule has 1 fully saturated rings. The van der Waals surface area contributed by atoms with Crippen LogP contribution in [0.3, 0.4) is 0 Å². The second-order valence-electron chi connectivity index (χ2n) is 7.75. The van der Waals surface area contributed by atoms with Crippen LogP contribution in [-0.2, 0) is 4.79 Å². The summed E-state index contributed by atoms with van der Waals surface area (Å²) in [5.74, 6) is -0.0793. The third-order valence-electron chi connectivity index (χ3n) is 5.33. The van der Waals surface area contributed by atoms with Crippen LogP contribution in [-0.4, -0.2) is 35.8 Å². The van der Waals surface area contributed by atoms with Crippen LogP contribution in [0.25, 0.3) is 0 Å². The lowest BCUT2D eigenvalue weighted by molar-refractivity contribution is -0.115. The number of ether oxygens (including phenoxy) is 1. The van der Waals surface area contributed by atoms with E-state index in [0.717, 1.165) is 42.6 Å². The average Bonchev–Trinajstić information content (AvgIpc) is 2.70. The Bertz CT molecular complexity index is 865. The van der Waals surface area contributed by atoms with Gasteiger partial charge >= 0.3 is 0 Å². The number of amides is 1. The van der Waals surface area contributed by atoms with Crippen LogP contribution in [0.5, 0.6) is 5.75 Å². The molecule has 7 nitrogen and oxygen atoms in total. The van der Waals surface area contributed by atoms with Gasteiger partial charge in [-0.25, -0.2) is 4.99 Å². The number of carbonyl (C=O) groups is 1. The molecular weight excluding hydrogens is 366 g/mol. The van der Waals surface area contributed by atoms with Gasteiger partial charge in [0.25, 0.3) is 5.91 Å². The van der Waals surface area contributed by atoms with Crippen molar-refractivity contribution in [3.05, 3.63) is 28.8 Å². The number of aliphatic imine (C=N–C) groups is 1. The molecular formula is C22H31N5O2. The molecule has 0 radical (unpaired) electrons. The Labute approximate surface area is 173 Å². The van der Waals surface area contributed by atoms with Gasteiger partial charge in [-0.2, -0.15) is 5.26 Å².